The third-order valence-corrected chi connectivity index (χ3v) is 8.42. The van der Waals surface area contributed by atoms with Crippen LogP contribution in [0.1, 0.15) is 15.9 Å². The fourth-order valence-electron chi connectivity index (χ4n) is 3.88. The SMILES string of the molecule is COc1ccc2c(c1)SC(NC(=O)c1ccc(S(=O)(=O)N3CCc4ccccc43)cc1)N2. The van der Waals surface area contributed by atoms with Crippen LogP contribution in [0.3, 0.4) is 0 Å². The molecule has 0 fully saturated rings. The van der Waals surface area contributed by atoms with Gasteiger partial charge in [-0.15, -0.1) is 0 Å². The van der Waals surface area contributed by atoms with Gasteiger partial charge < -0.3 is 15.4 Å². The van der Waals surface area contributed by atoms with Crippen LogP contribution in [-0.2, 0) is 16.4 Å². The van der Waals surface area contributed by atoms with Crippen molar-refractivity contribution in [3.8, 4) is 5.75 Å². The first kappa shape index (κ1) is 20.7. The lowest BCUT2D eigenvalue weighted by Gasteiger charge is -2.19. The number of carbonyl (C=O) groups excluding carboxylic acids is 1. The first-order valence-corrected chi connectivity index (χ1v) is 12.4. The molecule has 0 saturated heterocycles. The Morgan fingerprint density at radius 2 is 1.91 bits per heavy atom. The van der Waals surface area contributed by atoms with E-state index in [1.54, 1.807) is 19.2 Å². The number of nitrogens with one attached hydrogen (secondary N) is 2. The van der Waals surface area contributed by atoms with Gasteiger partial charge in [0.1, 0.15) is 5.75 Å². The highest BCUT2D eigenvalue weighted by molar-refractivity contribution is 8.00. The number of rotatable bonds is 5. The van der Waals surface area contributed by atoms with Gasteiger partial charge in [0.15, 0.2) is 5.50 Å². The lowest BCUT2D eigenvalue weighted by atomic mass is 10.2. The summed E-state index contributed by atoms with van der Waals surface area (Å²) in [5, 5.41) is 6.16. The van der Waals surface area contributed by atoms with Crippen LogP contribution in [0.2, 0.25) is 0 Å². The van der Waals surface area contributed by atoms with Gasteiger partial charge >= 0.3 is 0 Å². The molecule has 32 heavy (non-hydrogen) atoms. The Balaban J connectivity index is 1.28. The van der Waals surface area contributed by atoms with Gasteiger partial charge in [-0.1, -0.05) is 30.0 Å². The van der Waals surface area contributed by atoms with E-state index in [1.807, 2.05) is 42.5 Å². The molecule has 7 nitrogen and oxygen atoms in total. The minimum absolute atomic E-state index is 0.165. The molecule has 0 bridgehead atoms. The molecule has 2 aliphatic rings. The van der Waals surface area contributed by atoms with Crippen molar-refractivity contribution >= 4 is 39.1 Å². The number of hydrogen-bond donors (Lipinski definition) is 2. The van der Waals surface area contributed by atoms with Crippen molar-refractivity contribution in [2.75, 3.05) is 23.3 Å². The standard InChI is InChI=1S/C23H21N3O4S2/c1-30-17-8-11-19-21(14-17)31-23(24-19)25-22(27)16-6-9-18(10-7-16)32(28,29)26-13-12-15-4-2-3-5-20(15)26/h2-11,14,23-24H,12-13H2,1H3,(H,25,27). The summed E-state index contributed by atoms with van der Waals surface area (Å²) in [7, 11) is -2.08. The Bertz CT molecular complexity index is 1290. The summed E-state index contributed by atoms with van der Waals surface area (Å²) in [6.07, 6.45) is 0.691. The van der Waals surface area contributed by atoms with Crippen molar-refractivity contribution in [3.05, 3.63) is 77.9 Å². The monoisotopic (exact) mass is 467 g/mol. The molecule has 9 heteroatoms. The smallest absolute Gasteiger partial charge is 0.264 e. The van der Waals surface area contributed by atoms with Gasteiger partial charge in [0.25, 0.3) is 15.9 Å². The van der Waals surface area contributed by atoms with Crippen molar-refractivity contribution < 1.29 is 17.9 Å². The highest BCUT2D eigenvalue weighted by atomic mass is 32.2. The predicted octanol–water partition coefficient (Wildman–Crippen LogP) is 3.68. The van der Waals surface area contributed by atoms with Crippen LogP contribution in [0.25, 0.3) is 0 Å². The van der Waals surface area contributed by atoms with Crippen molar-refractivity contribution in [1.29, 1.82) is 0 Å². The topological polar surface area (TPSA) is 87.7 Å². The quantitative estimate of drug-likeness (QED) is 0.595. The molecule has 2 heterocycles. The number of sulfonamides is 1. The molecule has 0 saturated carbocycles. The molecule has 0 aliphatic carbocycles. The number of methoxy groups -OCH3 is 1. The number of carbonyl (C=O) groups is 1. The van der Waals surface area contributed by atoms with E-state index < -0.39 is 10.0 Å². The van der Waals surface area contributed by atoms with E-state index in [0.717, 1.165) is 27.6 Å². The van der Waals surface area contributed by atoms with E-state index in [-0.39, 0.29) is 16.3 Å². The zero-order valence-electron chi connectivity index (χ0n) is 17.2. The molecule has 5 rings (SSSR count). The van der Waals surface area contributed by atoms with E-state index in [9.17, 15) is 13.2 Å². The van der Waals surface area contributed by atoms with Crippen molar-refractivity contribution in [1.82, 2.24) is 5.32 Å². The third kappa shape index (κ3) is 3.67. The molecule has 164 valence electrons. The van der Waals surface area contributed by atoms with E-state index in [1.165, 1.54) is 28.2 Å². The average molecular weight is 468 g/mol. The molecule has 1 amide bonds. The second-order valence-corrected chi connectivity index (χ2v) is 10.5. The first-order chi connectivity index (χ1) is 15.5. The second kappa shape index (κ2) is 8.07. The van der Waals surface area contributed by atoms with Crippen LogP contribution in [0, 0.1) is 0 Å². The number of hydrogen-bond acceptors (Lipinski definition) is 6. The van der Waals surface area contributed by atoms with Crippen molar-refractivity contribution in [3.63, 3.8) is 0 Å². The fraction of sp³-hybridized carbons (Fsp3) is 0.174. The Labute approximate surface area is 190 Å². The molecule has 1 unspecified atom stereocenters. The maximum Gasteiger partial charge on any atom is 0.264 e. The Morgan fingerprint density at radius 1 is 1.12 bits per heavy atom. The van der Waals surface area contributed by atoms with Crippen LogP contribution in [0.4, 0.5) is 11.4 Å². The van der Waals surface area contributed by atoms with Gasteiger partial charge in [-0.25, -0.2) is 8.42 Å². The second-order valence-electron chi connectivity index (χ2n) is 7.46. The normalized spacial score (nSPS) is 16.8. The maximum absolute atomic E-state index is 13.1. The number of nitrogens with zero attached hydrogens (tertiary/aromatic N) is 1. The summed E-state index contributed by atoms with van der Waals surface area (Å²) in [6, 6.07) is 19.2. The van der Waals surface area contributed by atoms with Crippen LogP contribution < -0.4 is 19.7 Å². The third-order valence-electron chi connectivity index (χ3n) is 5.53. The number of anilines is 2. The number of ether oxygens (including phenoxy) is 1. The van der Waals surface area contributed by atoms with Gasteiger partial charge in [0, 0.05) is 17.0 Å². The van der Waals surface area contributed by atoms with Gasteiger partial charge in [-0.2, -0.15) is 0 Å². The Hall–Kier alpha value is -3.17. The summed E-state index contributed by atoms with van der Waals surface area (Å²) in [5.74, 6) is 0.465. The molecule has 1 atom stereocenters. The van der Waals surface area contributed by atoms with Crippen LogP contribution in [0.5, 0.6) is 5.75 Å². The maximum atomic E-state index is 13.1. The molecule has 0 aromatic heterocycles. The van der Waals surface area contributed by atoms with E-state index in [0.29, 0.717) is 18.5 Å². The van der Waals surface area contributed by atoms with Gasteiger partial charge in [0.05, 0.1) is 23.4 Å². The summed E-state index contributed by atoms with van der Waals surface area (Å²) >= 11 is 1.48. The molecule has 0 spiro atoms. The lowest BCUT2D eigenvalue weighted by molar-refractivity contribution is 0.0953. The molecule has 3 aromatic rings. The minimum atomic E-state index is -3.69. The van der Waals surface area contributed by atoms with E-state index in [2.05, 4.69) is 10.6 Å². The Morgan fingerprint density at radius 3 is 2.69 bits per heavy atom. The van der Waals surface area contributed by atoms with Crippen molar-refractivity contribution in [2.45, 2.75) is 21.7 Å². The predicted molar refractivity (Wildman–Crippen MR) is 125 cm³/mol. The number of fused-ring (bicyclic) bond motifs is 2. The van der Waals surface area contributed by atoms with Gasteiger partial charge in [0.2, 0.25) is 0 Å². The average Bonchev–Trinajstić information content (AvgIpc) is 3.42. The molecule has 3 aromatic carbocycles. The lowest BCUT2D eigenvalue weighted by Crippen LogP contribution is -2.35. The Kier molecular flexibility index (Phi) is 5.22. The number of benzene rings is 3. The van der Waals surface area contributed by atoms with Crippen LogP contribution in [0.15, 0.2) is 76.5 Å². The number of thioether (sulfide) groups is 1. The molecular weight excluding hydrogens is 446 g/mol. The van der Waals surface area contributed by atoms with E-state index in [4.69, 9.17) is 4.74 Å². The molecule has 0 radical (unpaired) electrons. The zero-order chi connectivity index (χ0) is 22.3. The van der Waals surface area contributed by atoms with Crippen molar-refractivity contribution in [2.24, 2.45) is 0 Å². The van der Waals surface area contributed by atoms with Gasteiger partial charge in [-0.3, -0.25) is 9.10 Å². The summed E-state index contributed by atoms with van der Waals surface area (Å²) in [6.45, 7) is 0.417. The summed E-state index contributed by atoms with van der Waals surface area (Å²) in [4.78, 5) is 13.9. The summed E-state index contributed by atoms with van der Waals surface area (Å²) in [5.41, 5.74) is 2.73. The summed E-state index contributed by atoms with van der Waals surface area (Å²) < 4.78 is 32.9. The highest BCUT2D eigenvalue weighted by Gasteiger charge is 2.31. The molecular formula is C23H21N3O4S2. The van der Waals surface area contributed by atoms with Crippen LogP contribution in [-0.4, -0.2) is 33.5 Å². The van der Waals surface area contributed by atoms with Gasteiger partial charge in [-0.05, 0) is 60.5 Å². The van der Waals surface area contributed by atoms with E-state index >= 15 is 0 Å². The number of para-hydroxylation sites is 1. The minimum Gasteiger partial charge on any atom is -0.497 e. The first-order valence-electron chi connectivity index (χ1n) is 10.1. The highest BCUT2D eigenvalue weighted by Crippen LogP contribution is 2.39. The fourth-order valence-corrected chi connectivity index (χ4v) is 6.42. The zero-order valence-corrected chi connectivity index (χ0v) is 18.9. The van der Waals surface area contributed by atoms with Crippen LogP contribution >= 0.6 is 11.8 Å². The molecule has 2 N–H and O–H groups in total. The largest absolute Gasteiger partial charge is 0.497 e. The molecule has 2 aliphatic heterocycles. The number of amides is 1.